The Bertz CT molecular complexity index is 1390. The van der Waals surface area contributed by atoms with Gasteiger partial charge < -0.3 is 5.73 Å². The Balaban J connectivity index is 1.55. The van der Waals surface area contributed by atoms with Crippen LogP contribution in [0, 0.1) is 0 Å². The molecule has 0 bridgehead atoms. The zero-order chi connectivity index (χ0) is 21.5. The maximum atomic E-state index is 6.54. The highest BCUT2D eigenvalue weighted by Gasteiger charge is 2.34. The fourth-order valence-corrected chi connectivity index (χ4v) is 5.12. The molecule has 1 aliphatic rings. The van der Waals surface area contributed by atoms with E-state index < -0.39 is 0 Å². The zero-order valence-corrected chi connectivity index (χ0v) is 18.3. The van der Waals surface area contributed by atoms with E-state index in [1.54, 1.807) is 11.3 Å². The number of nitrogens with two attached hydrogens (primary N) is 1. The number of nitrogens with zero attached hydrogens (tertiary/aromatic N) is 3. The second-order valence-electron chi connectivity index (χ2n) is 8.40. The van der Waals surface area contributed by atoms with Crippen molar-refractivity contribution in [2.45, 2.75) is 24.8 Å². The molecule has 156 valence electrons. The summed E-state index contributed by atoms with van der Waals surface area (Å²) in [6.45, 7) is 0. The quantitative estimate of drug-likeness (QED) is 0.354. The van der Waals surface area contributed by atoms with Gasteiger partial charge in [-0.1, -0.05) is 54.6 Å². The van der Waals surface area contributed by atoms with E-state index in [1.165, 1.54) is 12.0 Å². The first-order valence-corrected chi connectivity index (χ1v) is 11.7. The summed E-state index contributed by atoms with van der Waals surface area (Å²) in [5.41, 5.74) is 13.7. The van der Waals surface area contributed by atoms with Crippen LogP contribution in [0.2, 0.25) is 0 Å². The SMILES string of the molecule is NC1(c2ccc(-c3nc4ccnc(-c5nccs5)c4cc3-c3ccccc3)cc2)CCC1. The summed E-state index contributed by atoms with van der Waals surface area (Å²) in [6.07, 6.45) is 6.95. The summed E-state index contributed by atoms with van der Waals surface area (Å²) in [5.74, 6) is 0. The smallest absolute Gasteiger partial charge is 0.142 e. The Morgan fingerprint density at radius 2 is 1.62 bits per heavy atom. The summed E-state index contributed by atoms with van der Waals surface area (Å²) >= 11 is 1.59. The monoisotopic (exact) mass is 434 g/mol. The summed E-state index contributed by atoms with van der Waals surface area (Å²) in [5, 5.41) is 3.89. The standard InChI is InChI=1S/C27H22N4S/c28-27(12-4-13-27)20-9-7-19(8-10-20)24-21(18-5-2-1-3-6-18)17-22-23(31-24)11-14-29-25(22)26-30-15-16-32-26/h1-3,5-11,14-17H,4,12-13,28H2. The molecule has 3 heterocycles. The predicted octanol–water partition coefficient (Wildman–Crippen LogP) is 6.43. The van der Waals surface area contributed by atoms with Gasteiger partial charge in [-0.05, 0) is 42.5 Å². The van der Waals surface area contributed by atoms with Crippen LogP contribution in [-0.2, 0) is 5.54 Å². The first-order valence-electron chi connectivity index (χ1n) is 10.9. The minimum Gasteiger partial charge on any atom is -0.321 e. The van der Waals surface area contributed by atoms with Crippen molar-refractivity contribution >= 4 is 22.2 Å². The van der Waals surface area contributed by atoms with Crippen molar-refractivity contribution in [1.82, 2.24) is 15.0 Å². The molecule has 4 nitrogen and oxygen atoms in total. The van der Waals surface area contributed by atoms with Crippen LogP contribution in [-0.4, -0.2) is 15.0 Å². The fraction of sp³-hybridized carbons (Fsp3) is 0.148. The van der Waals surface area contributed by atoms with Crippen molar-refractivity contribution in [1.29, 1.82) is 0 Å². The molecule has 1 fully saturated rings. The Hall–Kier alpha value is -3.41. The van der Waals surface area contributed by atoms with Crippen molar-refractivity contribution in [3.8, 4) is 33.1 Å². The van der Waals surface area contributed by atoms with Crippen molar-refractivity contribution < 1.29 is 0 Å². The highest BCUT2D eigenvalue weighted by atomic mass is 32.1. The molecule has 0 atom stereocenters. The van der Waals surface area contributed by atoms with Gasteiger partial charge in [-0.25, -0.2) is 9.97 Å². The van der Waals surface area contributed by atoms with Crippen LogP contribution in [0.3, 0.4) is 0 Å². The topological polar surface area (TPSA) is 64.7 Å². The highest BCUT2D eigenvalue weighted by molar-refractivity contribution is 7.13. The van der Waals surface area contributed by atoms with E-state index in [2.05, 4.69) is 64.6 Å². The Morgan fingerprint density at radius 1 is 0.812 bits per heavy atom. The van der Waals surface area contributed by atoms with Crippen LogP contribution in [0.5, 0.6) is 0 Å². The lowest BCUT2D eigenvalue weighted by molar-refractivity contribution is 0.253. The van der Waals surface area contributed by atoms with Crippen LogP contribution in [0.1, 0.15) is 24.8 Å². The lowest BCUT2D eigenvalue weighted by Crippen LogP contribution is -2.43. The largest absolute Gasteiger partial charge is 0.321 e. The van der Waals surface area contributed by atoms with Crippen molar-refractivity contribution in [2.24, 2.45) is 5.73 Å². The predicted molar refractivity (Wildman–Crippen MR) is 131 cm³/mol. The van der Waals surface area contributed by atoms with Crippen molar-refractivity contribution in [2.75, 3.05) is 0 Å². The zero-order valence-electron chi connectivity index (χ0n) is 17.5. The second kappa shape index (κ2) is 7.62. The maximum Gasteiger partial charge on any atom is 0.142 e. The first kappa shape index (κ1) is 19.3. The molecule has 0 spiro atoms. The second-order valence-corrected chi connectivity index (χ2v) is 9.30. The molecule has 32 heavy (non-hydrogen) atoms. The number of rotatable bonds is 4. The van der Waals surface area contributed by atoms with Crippen LogP contribution in [0.15, 0.2) is 84.5 Å². The fourth-order valence-electron chi connectivity index (χ4n) is 4.47. The lowest BCUT2D eigenvalue weighted by Gasteiger charge is -2.38. The van der Waals surface area contributed by atoms with Crippen molar-refractivity contribution in [3.05, 3.63) is 90.1 Å². The highest BCUT2D eigenvalue weighted by Crippen LogP contribution is 2.40. The Kier molecular flexibility index (Phi) is 4.59. The van der Waals surface area contributed by atoms with Gasteiger partial charge in [0, 0.05) is 39.8 Å². The molecule has 0 amide bonds. The van der Waals surface area contributed by atoms with E-state index >= 15 is 0 Å². The van der Waals surface area contributed by atoms with Crippen LogP contribution in [0.25, 0.3) is 44.0 Å². The Labute approximate surface area is 190 Å². The molecular formula is C27H22N4S. The van der Waals surface area contributed by atoms with Gasteiger partial charge in [-0.3, -0.25) is 4.98 Å². The minimum atomic E-state index is -0.161. The maximum absolute atomic E-state index is 6.54. The van der Waals surface area contributed by atoms with Gasteiger partial charge in [0.05, 0.1) is 11.2 Å². The molecule has 5 aromatic rings. The van der Waals surface area contributed by atoms with Crippen LogP contribution >= 0.6 is 11.3 Å². The first-order chi connectivity index (χ1) is 15.7. The molecule has 0 saturated heterocycles. The third kappa shape index (κ3) is 3.22. The molecule has 2 N–H and O–H groups in total. The van der Waals surface area contributed by atoms with Gasteiger partial charge in [0.15, 0.2) is 0 Å². The molecule has 2 aromatic carbocycles. The number of benzene rings is 2. The van der Waals surface area contributed by atoms with Gasteiger partial charge in [0.25, 0.3) is 0 Å². The van der Waals surface area contributed by atoms with Gasteiger partial charge in [-0.15, -0.1) is 11.3 Å². The van der Waals surface area contributed by atoms with Crippen molar-refractivity contribution in [3.63, 3.8) is 0 Å². The third-order valence-electron chi connectivity index (χ3n) is 6.44. The number of pyridine rings is 2. The molecule has 1 saturated carbocycles. The number of hydrogen-bond donors (Lipinski definition) is 1. The molecular weight excluding hydrogens is 412 g/mol. The van der Waals surface area contributed by atoms with E-state index in [0.29, 0.717) is 0 Å². The van der Waals surface area contributed by atoms with E-state index in [1.807, 2.05) is 29.9 Å². The summed E-state index contributed by atoms with van der Waals surface area (Å²) in [7, 11) is 0. The van der Waals surface area contributed by atoms with E-state index in [-0.39, 0.29) is 5.54 Å². The van der Waals surface area contributed by atoms with Crippen LogP contribution in [0.4, 0.5) is 0 Å². The number of aromatic nitrogens is 3. The van der Waals surface area contributed by atoms with Gasteiger partial charge in [0.2, 0.25) is 0 Å². The van der Waals surface area contributed by atoms with Crippen LogP contribution < -0.4 is 5.73 Å². The van der Waals surface area contributed by atoms with Gasteiger partial charge in [-0.2, -0.15) is 0 Å². The molecule has 5 heteroatoms. The number of hydrogen-bond acceptors (Lipinski definition) is 5. The van der Waals surface area contributed by atoms with E-state index in [0.717, 1.165) is 56.8 Å². The third-order valence-corrected chi connectivity index (χ3v) is 7.22. The molecule has 1 aliphatic carbocycles. The molecule has 6 rings (SSSR count). The van der Waals surface area contributed by atoms with Gasteiger partial charge >= 0.3 is 0 Å². The summed E-state index contributed by atoms with van der Waals surface area (Å²) in [6, 6.07) is 23.3. The summed E-state index contributed by atoms with van der Waals surface area (Å²) in [4.78, 5) is 14.2. The molecule has 0 aliphatic heterocycles. The lowest BCUT2D eigenvalue weighted by atomic mass is 9.72. The molecule has 0 unspecified atom stereocenters. The average Bonchev–Trinajstić information content (AvgIpc) is 3.37. The molecule has 0 radical (unpaired) electrons. The number of thiazole rings is 1. The normalized spacial score (nSPS) is 14.9. The number of fused-ring (bicyclic) bond motifs is 1. The summed E-state index contributed by atoms with van der Waals surface area (Å²) < 4.78 is 0. The Morgan fingerprint density at radius 3 is 2.31 bits per heavy atom. The van der Waals surface area contributed by atoms with E-state index in [4.69, 9.17) is 10.7 Å². The average molecular weight is 435 g/mol. The molecule has 3 aromatic heterocycles. The minimum absolute atomic E-state index is 0.161. The van der Waals surface area contributed by atoms with E-state index in [9.17, 15) is 0 Å². The van der Waals surface area contributed by atoms with Gasteiger partial charge in [0.1, 0.15) is 10.7 Å².